The Bertz CT molecular complexity index is 996. The highest BCUT2D eigenvalue weighted by Crippen LogP contribution is 2.23. The van der Waals surface area contributed by atoms with Crippen LogP contribution < -0.4 is 4.57 Å². The van der Waals surface area contributed by atoms with Crippen molar-refractivity contribution in [2.24, 2.45) is 0 Å². The van der Waals surface area contributed by atoms with Gasteiger partial charge in [-0.3, -0.25) is 0 Å². The van der Waals surface area contributed by atoms with Gasteiger partial charge in [0, 0.05) is 11.6 Å². The lowest BCUT2D eigenvalue weighted by molar-refractivity contribution is -0.687. The predicted octanol–water partition coefficient (Wildman–Crippen LogP) is 4.62. The molecule has 4 aromatic rings. The average Bonchev–Trinajstić information content (AvgIpc) is 3.02. The Balaban J connectivity index is 1.68. The van der Waals surface area contributed by atoms with Crippen molar-refractivity contribution in [2.75, 3.05) is 0 Å². The predicted molar refractivity (Wildman–Crippen MR) is 90.2 cm³/mol. The zero-order chi connectivity index (χ0) is 16.5. The maximum absolute atomic E-state index is 13.2. The molecule has 0 saturated heterocycles. The number of pyridine rings is 1. The molecule has 2 aromatic carbocycles. The topological polar surface area (TPSA) is 29.9 Å². The van der Waals surface area contributed by atoms with E-state index in [1.54, 1.807) is 6.07 Å². The third kappa shape index (κ3) is 2.88. The van der Waals surface area contributed by atoms with Crippen molar-refractivity contribution in [3.05, 3.63) is 83.4 Å². The number of oxazole rings is 1. The summed E-state index contributed by atoms with van der Waals surface area (Å²) >= 11 is 6.11. The summed E-state index contributed by atoms with van der Waals surface area (Å²) in [6.07, 6.45) is 3.86. The summed E-state index contributed by atoms with van der Waals surface area (Å²) in [6.45, 7) is 0.535. The summed E-state index contributed by atoms with van der Waals surface area (Å²) < 4.78 is 20.9. The summed E-state index contributed by atoms with van der Waals surface area (Å²) in [7, 11) is 0. The van der Waals surface area contributed by atoms with E-state index in [0.717, 1.165) is 22.2 Å². The molecule has 118 valence electrons. The fraction of sp³-hybridized carbons (Fsp3) is 0.0526. The van der Waals surface area contributed by atoms with Crippen LogP contribution in [0.25, 0.3) is 22.6 Å². The minimum atomic E-state index is -0.339. The van der Waals surface area contributed by atoms with Gasteiger partial charge in [0.1, 0.15) is 16.9 Å². The number of nitrogens with zero attached hydrogens (tertiary/aromatic N) is 2. The second kappa shape index (κ2) is 6.06. The van der Waals surface area contributed by atoms with E-state index in [9.17, 15) is 4.39 Å². The molecule has 0 atom stereocenters. The van der Waals surface area contributed by atoms with E-state index in [1.807, 2.05) is 53.4 Å². The first-order valence-corrected chi connectivity index (χ1v) is 7.86. The quantitative estimate of drug-likeness (QED) is 0.510. The molecular formula is C19H13ClFN2O+. The Morgan fingerprint density at radius 2 is 1.96 bits per heavy atom. The van der Waals surface area contributed by atoms with Crippen LogP contribution in [0.4, 0.5) is 4.39 Å². The van der Waals surface area contributed by atoms with Crippen LogP contribution >= 0.6 is 11.6 Å². The fourth-order valence-corrected chi connectivity index (χ4v) is 2.82. The van der Waals surface area contributed by atoms with Gasteiger partial charge in [-0.25, -0.2) is 9.37 Å². The van der Waals surface area contributed by atoms with E-state index in [2.05, 4.69) is 4.98 Å². The lowest BCUT2D eigenvalue weighted by atomic mass is 10.2. The van der Waals surface area contributed by atoms with Crippen LogP contribution in [0.3, 0.4) is 0 Å². The van der Waals surface area contributed by atoms with Crippen LogP contribution in [0.1, 0.15) is 5.56 Å². The van der Waals surface area contributed by atoms with Crippen LogP contribution in [0, 0.1) is 5.82 Å². The molecule has 2 aromatic heterocycles. The zero-order valence-corrected chi connectivity index (χ0v) is 13.4. The standard InChI is InChI=1S/C19H13ClFN2O/c20-16-10-15(21)8-7-13(16)11-23-9-3-4-14(12-23)19-22-17-5-1-2-6-18(17)24-19/h1-10,12H,11H2/q+1. The largest absolute Gasteiger partial charge is 0.436 e. The lowest BCUT2D eigenvalue weighted by Gasteiger charge is -2.02. The summed E-state index contributed by atoms with van der Waals surface area (Å²) in [5, 5.41) is 0.412. The van der Waals surface area contributed by atoms with Crippen LogP contribution in [-0.4, -0.2) is 4.98 Å². The number of para-hydroxylation sites is 2. The van der Waals surface area contributed by atoms with Crippen molar-refractivity contribution in [3.8, 4) is 11.5 Å². The molecule has 0 saturated carbocycles. The summed E-state index contributed by atoms with van der Waals surface area (Å²) in [6, 6.07) is 15.9. The summed E-state index contributed by atoms with van der Waals surface area (Å²) in [5.41, 5.74) is 3.29. The third-order valence-electron chi connectivity index (χ3n) is 3.77. The second-order valence-corrected chi connectivity index (χ2v) is 5.89. The number of halogens is 2. The first-order valence-electron chi connectivity index (χ1n) is 7.48. The van der Waals surface area contributed by atoms with Crippen LogP contribution in [0.15, 0.2) is 71.4 Å². The molecule has 4 rings (SSSR count). The van der Waals surface area contributed by atoms with Gasteiger partial charge in [0.05, 0.1) is 5.02 Å². The highest BCUT2D eigenvalue weighted by molar-refractivity contribution is 6.31. The minimum absolute atomic E-state index is 0.339. The van der Waals surface area contributed by atoms with Crippen LogP contribution in [0.2, 0.25) is 5.02 Å². The lowest BCUT2D eigenvalue weighted by Crippen LogP contribution is -2.33. The number of benzene rings is 2. The molecule has 0 amide bonds. The summed E-state index contributed by atoms with van der Waals surface area (Å²) in [5.74, 6) is 0.227. The minimum Gasteiger partial charge on any atom is -0.436 e. The van der Waals surface area contributed by atoms with Crippen molar-refractivity contribution in [1.29, 1.82) is 0 Å². The van der Waals surface area contributed by atoms with Crippen molar-refractivity contribution in [3.63, 3.8) is 0 Å². The third-order valence-corrected chi connectivity index (χ3v) is 4.12. The maximum atomic E-state index is 13.2. The molecule has 0 radical (unpaired) electrons. The number of aromatic nitrogens is 2. The van der Waals surface area contributed by atoms with E-state index in [0.29, 0.717) is 17.5 Å². The van der Waals surface area contributed by atoms with Crippen LogP contribution in [0.5, 0.6) is 0 Å². The fourth-order valence-electron chi connectivity index (χ4n) is 2.59. The second-order valence-electron chi connectivity index (χ2n) is 5.49. The number of hydrogen-bond donors (Lipinski definition) is 0. The molecule has 0 aliphatic heterocycles. The van der Waals surface area contributed by atoms with Gasteiger partial charge in [0.2, 0.25) is 5.89 Å². The van der Waals surface area contributed by atoms with E-state index in [1.165, 1.54) is 12.1 Å². The normalized spacial score (nSPS) is 11.1. The highest BCUT2D eigenvalue weighted by Gasteiger charge is 2.13. The Labute approximate surface area is 143 Å². The molecule has 0 unspecified atom stereocenters. The molecule has 0 N–H and O–H groups in total. The number of hydrogen-bond acceptors (Lipinski definition) is 2. The Hall–Kier alpha value is -2.72. The molecule has 2 heterocycles. The van der Waals surface area contributed by atoms with Gasteiger partial charge in [-0.1, -0.05) is 23.7 Å². The van der Waals surface area contributed by atoms with Gasteiger partial charge in [0.15, 0.2) is 24.5 Å². The van der Waals surface area contributed by atoms with E-state index < -0.39 is 0 Å². The molecule has 5 heteroatoms. The smallest absolute Gasteiger partial charge is 0.233 e. The van der Waals surface area contributed by atoms with Crippen LogP contribution in [-0.2, 0) is 6.54 Å². The van der Waals surface area contributed by atoms with Crippen molar-refractivity contribution >= 4 is 22.7 Å². The van der Waals surface area contributed by atoms with Crippen molar-refractivity contribution < 1.29 is 13.4 Å². The van der Waals surface area contributed by atoms with Gasteiger partial charge >= 0.3 is 0 Å². The molecular weight excluding hydrogens is 327 g/mol. The monoisotopic (exact) mass is 339 g/mol. The van der Waals surface area contributed by atoms with Gasteiger partial charge in [-0.2, -0.15) is 4.57 Å². The van der Waals surface area contributed by atoms with Crippen molar-refractivity contribution in [1.82, 2.24) is 4.98 Å². The van der Waals surface area contributed by atoms with Gasteiger partial charge in [-0.15, -0.1) is 0 Å². The molecule has 0 aliphatic carbocycles. The Kier molecular flexibility index (Phi) is 3.75. The van der Waals surface area contributed by atoms with Crippen molar-refractivity contribution in [2.45, 2.75) is 6.54 Å². The zero-order valence-electron chi connectivity index (χ0n) is 12.6. The Morgan fingerprint density at radius 3 is 2.79 bits per heavy atom. The highest BCUT2D eigenvalue weighted by atomic mass is 35.5. The molecule has 0 fully saturated rings. The van der Waals surface area contributed by atoms with Gasteiger partial charge < -0.3 is 4.42 Å². The van der Waals surface area contributed by atoms with E-state index >= 15 is 0 Å². The van der Waals surface area contributed by atoms with E-state index in [-0.39, 0.29) is 5.82 Å². The Morgan fingerprint density at radius 1 is 1.08 bits per heavy atom. The first kappa shape index (κ1) is 14.8. The molecule has 0 bridgehead atoms. The average molecular weight is 340 g/mol. The number of rotatable bonds is 3. The number of fused-ring (bicyclic) bond motifs is 1. The molecule has 0 aliphatic rings. The first-order chi connectivity index (χ1) is 11.7. The summed E-state index contributed by atoms with van der Waals surface area (Å²) in [4.78, 5) is 4.50. The maximum Gasteiger partial charge on any atom is 0.233 e. The molecule has 3 nitrogen and oxygen atoms in total. The molecule has 0 spiro atoms. The molecule has 24 heavy (non-hydrogen) atoms. The van der Waals surface area contributed by atoms with Gasteiger partial charge in [0.25, 0.3) is 0 Å². The SMILES string of the molecule is Fc1ccc(C[n+]2cccc(-c3nc4ccccc4o3)c2)c(Cl)c1. The van der Waals surface area contributed by atoms with E-state index in [4.69, 9.17) is 16.0 Å². The van der Waals surface area contributed by atoms with Gasteiger partial charge in [-0.05, 0) is 36.4 Å².